The molecule has 0 aliphatic heterocycles. The molecule has 0 saturated carbocycles. The van der Waals surface area contributed by atoms with E-state index in [1.54, 1.807) is 0 Å². The summed E-state index contributed by atoms with van der Waals surface area (Å²) >= 11 is 4.89. The molecule has 16 heavy (non-hydrogen) atoms. The van der Waals surface area contributed by atoms with Gasteiger partial charge in [-0.25, -0.2) is 0 Å². The molecule has 1 aromatic carbocycles. The summed E-state index contributed by atoms with van der Waals surface area (Å²) in [5.74, 6) is 0.116. The number of ketones is 1. The molecule has 0 bridgehead atoms. The zero-order chi connectivity index (χ0) is 11.4. The van der Waals surface area contributed by atoms with E-state index in [0.717, 1.165) is 15.0 Å². The number of Topliss-reactive ketones (excluding diaryl/α,β-unsaturated/α-hetero) is 1. The zero-order valence-electron chi connectivity index (χ0n) is 8.44. The lowest BCUT2D eigenvalue weighted by Gasteiger charge is -2.06. The van der Waals surface area contributed by atoms with Crippen molar-refractivity contribution < 1.29 is 4.79 Å². The van der Waals surface area contributed by atoms with E-state index in [1.807, 2.05) is 41.8 Å². The minimum atomic E-state index is 0.116. The van der Waals surface area contributed by atoms with Crippen LogP contribution in [-0.4, -0.2) is 12.3 Å². The Labute approximate surface area is 106 Å². The zero-order valence-corrected chi connectivity index (χ0v) is 10.8. The van der Waals surface area contributed by atoms with Crippen molar-refractivity contribution in [3.05, 3.63) is 51.1 Å². The van der Waals surface area contributed by atoms with E-state index in [2.05, 4.69) is 21.2 Å². The predicted octanol–water partition coefficient (Wildman–Crippen LogP) is 3.81. The van der Waals surface area contributed by atoms with Gasteiger partial charge in [0, 0.05) is 10.2 Å². The van der Waals surface area contributed by atoms with E-state index in [9.17, 15) is 4.79 Å². The minimum absolute atomic E-state index is 0.116. The Kier molecular flexibility index (Phi) is 3.74. The SMILES string of the molecule is O=C(CNc1ccccc1Br)c1cccs1. The van der Waals surface area contributed by atoms with Crippen molar-refractivity contribution in [1.82, 2.24) is 0 Å². The van der Waals surface area contributed by atoms with Crippen LogP contribution in [-0.2, 0) is 0 Å². The summed E-state index contributed by atoms with van der Waals surface area (Å²) in [6, 6.07) is 11.5. The van der Waals surface area contributed by atoms with E-state index in [1.165, 1.54) is 11.3 Å². The van der Waals surface area contributed by atoms with Gasteiger partial charge in [0.2, 0.25) is 0 Å². The van der Waals surface area contributed by atoms with Crippen LogP contribution >= 0.6 is 27.3 Å². The second-order valence-electron chi connectivity index (χ2n) is 3.23. The molecule has 0 aliphatic rings. The Morgan fingerprint density at radius 2 is 2.06 bits per heavy atom. The molecule has 2 nitrogen and oxygen atoms in total. The summed E-state index contributed by atoms with van der Waals surface area (Å²) in [7, 11) is 0. The number of benzene rings is 1. The summed E-state index contributed by atoms with van der Waals surface area (Å²) in [4.78, 5) is 12.5. The van der Waals surface area contributed by atoms with Gasteiger partial charge in [-0.2, -0.15) is 0 Å². The van der Waals surface area contributed by atoms with Crippen molar-refractivity contribution in [2.24, 2.45) is 0 Å². The van der Waals surface area contributed by atoms with Gasteiger partial charge < -0.3 is 5.32 Å². The van der Waals surface area contributed by atoms with Crippen LogP contribution in [0.25, 0.3) is 0 Å². The fourth-order valence-electron chi connectivity index (χ4n) is 1.30. The number of nitrogens with one attached hydrogen (secondary N) is 1. The Hall–Kier alpha value is -1.13. The third-order valence-electron chi connectivity index (χ3n) is 2.11. The molecule has 0 unspecified atom stereocenters. The number of thiophene rings is 1. The fourth-order valence-corrected chi connectivity index (χ4v) is 2.39. The third kappa shape index (κ3) is 2.71. The molecule has 4 heteroatoms. The number of para-hydroxylation sites is 1. The van der Waals surface area contributed by atoms with Crippen LogP contribution in [0.3, 0.4) is 0 Å². The standard InChI is InChI=1S/C12H10BrNOS/c13-9-4-1-2-5-10(9)14-8-11(15)12-6-3-7-16-12/h1-7,14H,8H2. The van der Waals surface area contributed by atoms with Gasteiger partial charge in [-0.15, -0.1) is 11.3 Å². The number of hydrogen-bond acceptors (Lipinski definition) is 3. The first kappa shape index (κ1) is 11.4. The topological polar surface area (TPSA) is 29.1 Å². The highest BCUT2D eigenvalue weighted by molar-refractivity contribution is 9.10. The molecular weight excluding hydrogens is 286 g/mol. The minimum Gasteiger partial charge on any atom is -0.377 e. The third-order valence-corrected chi connectivity index (χ3v) is 3.71. The van der Waals surface area contributed by atoms with Crippen molar-refractivity contribution >= 4 is 38.7 Å². The summed E-state index contributed by atoms with van der Waals surface area (Å²) in [6.07, 6.45) is 0. The van der Waals surface area contributed by atoms with Gasteiger partial charge in [0.05, 0.1) is 11.4 Å². The Morgan fingerprint density at radius 3 is 2.75 bits per heavy atom. The maximum absolute atomic E-state index is 11.7. The molecule has 2 aromatic rings. The van der Waals surface area contributed by atoms with Crippen LogP contribution in [0.1, 0.15) is 9.67 Å². The average Bonchev–Trinajstić information content (AvgIpc) is 2.81. The largest absolute Gasteiger partial charge is 0.377 e. The van der Waals surface area contributed by atoms with Crippen LogP contribution < -0.4 is 5.32 Å². The summed E-state index contributed by atoms with van der Waals surface area (Å²) in [6.45, 7) is 0.323. The molecule has 0 fully saturated rings. The molecule has 0 radical (unpaired) electrons. The maximum atomic E-state index is 11.7. The van der Waals surface area contributed by atoms with Crippen molar-refractivity contribution in [2.75, 3.05) is 11.9 Å². The molecular formula is C12H10BrNOS. The lowest BCUT2D eigenvalue weighted by molar-refractivity contribution is 0.101. The fraction of sp³-hybridized carbons (Fsp3) is 0.0833. The lowest BCUT2D eigenvalue weighted by Crippen LogP contribution is -2.12. The van der Waals surface area contributed by atoms with Crippen molar-refractivity contribution in [2.45, 2.75) is 0 Å². The molecule has 0 atom stereocenters. The number of rotatable bonds is 4. The van der Waals surface area contributed by atoms with Crippen LogP contribution in [0.4, 0.5) is 5.69 Å². The predicted molar refractivity (Wildman–Crippen MR) is 71.3 cm³/mol. The van der Waals surface area contributed by atoms with E-state index in [0.29, 0.717) is 6.54 Å². The highest BCUT2D eigenvalue weighted by atomic mass is 79.9. The van der Waals surface area contributed by atoms with Crippen LogP contribution in [0.15, 0.2) is 46.3 Å². The van der Waals surface area contributed by atoms with Gasteiger partial charge in [0.1, 0.15) is 0 Å². The lowest BCUT2D eigenvalue weighted by atomic mass is 10.3. The van der Waals surface area contributed by atoms with Crippen LogP contribution in [0.2, 0.25) is 0 Å². The van der Waals surface area contributed by atoms with E-state index in [-0.39, 0.29) is 5.78 Å². The maximum Gasteiger partial charge on any atom is 0.191 e. The van der Waals surface area contributed by atoms with E-state index >= 15 is 0 Å². The average molecular weight is 296 g/mol. The van der Waals surface area contributed by atoms with Crippen molar-refractivity contribution in [3.63, 3.8) is 0 Å². The summed E-state index contributed by atoms with van der Waals surface area (Å²) in [5.41, 5.74) is 0.937. The molecule has 0 amide bonds. The summed E-state index contributed by atoms with van der Waals surface area (Å²) in [5, 5.41) is 5.02. The number of halogens is 1. The van der Waals surface area contributed by atoms with E-state index < -0.39 is 0 Å². The number of carbonyl (C=O) groups excluding carboxylic acids is 1. The van der Waals surface area contributed by atoms with E-state index in [4.69, 9.17) is 0 Å². The highest BCUT2D eigenvalue weighted by Gasteiger charge is 2.06. The van der Waals surface area contributed by atoms with Gasteiger partial charge in [-0.05, 0) is 39.5 Å². The monoisotopic (exact) mass is 295 g/mol. The Bertz CT molecular complexity index is 482. The normalized spacial score (nSPS) is 10.1. The van der Waals surface area contributed by atoms with Crippen LogP contribution in [0.5, 0.6) is 0 Å². The van der Waals surface area contributed by atoms with Gasteiger partial charge in [0.15, 0.2) is 5.78 Å². The van der Waals surface area contributed by atoms with Gasteiger partial charge >= 0.3 is 0 Å². The second-order valence-corrected chi connectivity index (χ2v) is 5.04. The first-order chi connectivity index (χ1) is 7.77. The molecule has 82 valence electrons. The molecule has 1 N–H and O–H groups in total. The first-order valence-corrected chi connectivity index (χ1v) is 6.50. The first-order valence-electron chi connectivity index (χ1n) is 4.82. The Balaban J connectivity index is 1.98. The quantitative estimate of drug-likeness (QED) is 0.869. The summed E-state index contributed by atoms with van der Waals surface area (Å²) < 4.78 is 0.967. The van der Waals surface area contributed by atoms with Gasteiger partial charge in [-0.1, -0.05) is 18.2 Å². The van der Waals surface area contributed by atoms with Gasteiger partial charge in [-0.3, -0.25) is 4.79 Å². The molecule has 1 aromatic heterocycles. The molecule has 0 spiro atoms. The number of carbonyl (C=O) groups is 1. The molecule has 0 aliphatic carbocycles. The molecule has 0 saturated heterocycles. The molecule has 1 heterocycles. The number of anilines is 1. The van der Waals surface area contributed by atoms with Gasteiger partial charge in [0.25, 0.3) is 0 Å². The Morgan fingerprint density at radius 1 is 1.25 bits per heavy atom. The van der Waals surface area contributed by atoms with Crippen molar-refractivity contribution in [3.8, 4) is 0 Å². The second kappa shape index (κ2) is 5.27. The highest BCUT2D eigenvalue weighted by Crippen LogP contribution is 2.21. The smallest absolute Gasteiger partial charge is 0.191 e. The van der Waals surface area contributed by atoms with Crippen LogP contribution in [0, 0.1) is 0 Å². The number of hydrogen-bond donors (Lipinski definition) is 1. The van der Waals surface area contributed by atoms with Crippen molar-refractivity contribution in [1.29, 1.82) is 0 Å². The molecule has 2 rings (SSSR count).